The first kappa shape index (κ1) is 10.5. The van der Waals surface area contributed by atoms with Crippen LogP contribution in [-0.2, 0) is 9.59 Å². The van der Waals surface area contributed by atoms with Gasteiger partial charge >= 0.3 is 5.97 Å². The lowest BCUT2D eigenvalue weighted by molar-refractivity contribution is -0.146. The summed E-state index contributed by atoms with van der Waals surface area (Å²) in [5, 5.41) is 11.6. The van der Waals surface area contributed by atoms with Crippen LogP contribution in [0.5, 0.6) is 0 Å². The van der Waals surface area contributed by atoms with E-state index in [1.54, 1.807) is 0 Å². The van der Waals surface area contributed by atoms with Crippen molar-refractivity contribution in [3.63, 3.8) is 0 Å². The molecule has 0 aromatic carbocycles. The molecule has 0 saturated heterocycles. The van der Waals surface area contributed by atoms with Crippen LogP contribution in [0.2, 0.25) is 0 Å². The molecule has 2 aliphatic rings. The van der Waals surface area contributed by atoms with Crippen molar-refractivity contribution >= 4 is 11.9 Å². The Kier molecular flexibility index (Phi) is 2.67. The largest absolute Gasteiger partial charge is 0.481 e. The molecule has 2 fully saturated rings. The number of carbonyl (C=O) groups is 2. The van der Waals surface area contributed by atoms with E-state index in [-0.39, 0.29) is 11.9 Å². The summed E-state index contributed by atoms with van der Waals surface area (Å²) >= 11 is 0. The lowest BCUT2D eigenvalue weighted by atomic mass is 9.95. The molecule has 2 rings (SSSR count). The third-order valence-corrected chi connectivity index (χ3v) is 3.83. The van der Waals surface area contributed by atoms with E-state index in [2.05, 4.69) is 5.32 Å². The summed E-state index contributed by atoms with van der Waals surface area (Å²) in [6, 6.07) is 0.234. The van der Waals surface area contributed by atoms with Crippen molar-refractivity contribution in [2.45, 2.75) is 38.6 Å². The smallest absolute Gasteiger partial charge is 0.315 e. The van der Waals surface area contributed by atoms with E-state index in [9.17, 15) is 9.59 Å². The van der Waals surface area contributed by atoms with Gasteiger partial charge in [-0.3, -0.25) is 9.59 Å². The molecule has 2 bridgehead atoms. The molecule has 84 valence electrons. The van der Waals surface area contributed by atoms with Crippen LogP contribution < -0.4 is 5.32 Å². The van der Waals surface area contributed by atoms with Gasteiger partial charge in [0.15, 0.2) is 0 Å². The highest BCUT2D eigenvalue weighted by Crippen LogP contribution is 2.44. The minimum atomic E-state index is -1.05. The molecule has 0 radical (unpaired) electrons. The van der Waals surface area contributed by atoms with Crippen LogP contribution in [0.4, 0.5) is 0 Å². The van der Waals surface area contributed by atoms with Gasteiger partial charge in [0.05, 0.1) is 0 Å². The van der Waals surface area contributed by atoms with Crippen molar-refractivity contribution < 1.29 is 14.7 Å². The maximum Gasteiger partial charge on any atom is 0.315 e. The molecular weight excluding hydrogens is 194 g/mol. The minimum absolute atomic E-state index is 0.234. The monoisotopic (exact) mass is 211 g/mol. The van der Waals surface area contributed by atoms with Gasteiger partial charge < -0.3 is 10.4 Å². The lowest BCUT2D eigenvalue weighted by Crippen LogP contribution is -2.43. The van der Waals surface area contributed by atoms with Crippen LogP contribution in [0.15, 0.2) is 0 Å². The number of aliphatic carboxylic acids is 1. The fraction of sp³-hybridized carbons (Fsp3) is 0.818. The number of hydrogen-bond acceptors (Lipinski definition) is 2. The highest BCUT2D eigenvalue weighted by Gasteiger charge is 2.40. The first-order valence-corrected chi connectivity index (χ1v) is 5.61. The number of amides is 1. The Bertz CT molecular complexity index is 290. The van der Waals surface area contributed by atoms with E-state index < -0.39 is 11.9 Å². The maximum atomic E-state index is 11.5. The average Bonchev–Trinajstić information content (AvgIpc) is 2.77. The molecule has 0 aromatic rings. The molecule has 0 aromatic heterocycles. The van der Waals surface area contributed by atoms with Gasteiger partial charge in [0, 0.05) is 6.04 Å². The number of carbonyl (C=O) groups excluding carboxylic acids is 1. The van der Waals surface area contributed by atoms with Gasteiger partial charge in [-0.05, 0) is 38.0 Å². The van der Waals surface area contributed by atoms with Gasteiger partial charge in [-0.15, -0.1) is 0 Å². The zero-order valence-electron chi connectivity index (χ0n) is 8.90. The van der Waals surface area contributed by atoms with Crippen molar-refractivity contribution in [2.24, 2.45) is 17.8 Å². The SMILES string of the molecule is CC(C(=O)O)C(=O)NC1CC2CCC1C2. The predicted octanol–water partition coefficient (Wildman–Crippen LogP) is 1.01. The Labute approximate surface area is 89.0 Å². The summed E-state index contributed by atoms with van der Waals surface area (Å²) in [4.78, 5) is 22.1. The molecule has 2 aliphatic carbocycles. The third-order valence-electron chi connectivity index (χ3n) is 3.83. The number of carboxylic acid groups (broad SMARTS) is 1. The van der Waals surface area contributed by atoms with Crippen LogP contribution in [0.1, 0.15) is 32.6 Å². The molecule has 0 heterocycles. The van der Waals surface area contributed by atoms with E-state index in [1.807, 2.05) is 0 Å². The summed E-state index contributed by atoms with van der Waals surface area (Å²) in [6.45, 7) is 1.44. The van der Waals surface area contributed by atoms with E-state index in [0.717, 1.165) is 12.3 Å². The van der Waals surface area contributed by atoms with Gasteiger partial charge in [-0.1, -0.05) is 6.42 Å². The van der Waals surface area contributed by atoms with Gasteiger partial charge in [0.25, 0.3) is 0 Å². The number of hydrogen-bond donors (Lipinski definition) is 2. The predicted molar refractivity (Wildman–Crippen MR) is 54.2 cm³/mol. The molecule has 4 atom stereocenters. The summed E-state index contributed by atoms with van der Waals surface area (Å²) in [7, 11) is 0. The van der Waals surface area contributed by atoms with E-state index >= 15 is 0 Å². The van der Waals surface area contributed by atoms with Gasteiger partial charge in [0.2, 0.25) is 5.91 Å². The third kappa shape index (κ3) is 1.98. The van der Waals surface area contributed by atoms with Crippen molar-refractivity contribution in [1.29, 1.82) is 0 Å². The second-order valence-corrected chi connectivity index (χ2v) is 4.85. The summed E-state index contributed by atoms with van der Waals surface area (Å²) in [5.41, 5.74) is 0. The highest BCUT2D eigenvalue weighted by molar-refractivity contribution is 5.96. The fourth-order valence-electron chi connectivity index (χ4n) is 2.84. The fourth-order valence-corrected chi connectivity index (χ4v) is 2.84. The molecule has 4 nitrogen and oxygen atoms in total. The number of fused-ring (bicyclic) bond motifs is 2. The standard InChI is InChI=1S/C11H17NO3/c1-6(11(14)15)10(13)12-9-5-7-2-3-8(9)4-7/h6-9H,2-5H2,1H3,(H,12,13)(H,14,15). The molecule has 15 heavy (non-hydrogen) atoms. The van der Waals surface area contributed by atoms with Gasteiger partial charge in [0.1, 0.15) is 5.92 Å². The maximum absolute atomic E-state index is 11.5. The number of carboxylic acids is 1. The Hall–Kier alpha value is -1.06. The van der Waals surface area contributed by atoms with E-state index in [0.29, 0.717) is 5.92 Å². The van der Waals surface area contributed by atoms with Crippen LogP contribution in [-0.4, -0.2) is 23.0 Å². The van der Waals surface area contributed by atoms with E-state index in [1.165, 1.54) is 26.2 Å². The second-order valence-electron chi connectivity index (χ2n) is 4.85. The summed E-state index contributed by atoms with van der Waals surface area (Å²) < 4.78 is 0. The number of rotatable bonds is 3. The zero-order chi connectivity index (χ0) is 11.0. The number of nitrogens with one attached hydrogen (secondary N) is 1. The van der Waals surface area contributed by atoms with Crippen molar-refractivity contribution in [3.05, 3.63) is 0 Å². The van der Waals surface area contributed by atoms with Gasteiger partial charge in [-0.2, -0.15) is 0 Å². The van der Waals surface area contributed by atoms with Crippen LogP contribution >= 0.6 is 0 Å². The van der Waals surface area contributed by atoms with Crippen LogP contribution in [0, 0.1) is 17.8 Å². The molecule has 4 heteroatoms. The van der Waals surface area contributed by atoms with Crippen LogP contribution in [0.3, 0.4) is 0 Å². The molecule has 4 unspecified atom stereocenters. The summed E-state index contributed by atoms with van der Waals surface area (Å²) in [5.74, 6) is -0.944. The van der Waals surface area contributed by atoms with Crippen molar-refractivity contribution in [3.8, 4) is 0 Å². The molecule has 0 aliphatic heterocycles. The lowest BCUT2D eigenvalue weighted by Gasteiger charge is -2.23. The summed E-state index contributed by atoms with van der Waals surface area (Å²) in [6.07, 6.45) is 4.73. The molecule has 2 N–H and O–H groups in total. The van der Waals surface area contributed by atoms with Crippen molar-refractivity contribution in [2.75, 3.05) is 0 Å². The quantitative estimate of drug-likeness (QED) is 0.685. The molecule has 2 saturated carbocycles. The molecular formula is C11H17NO3. The van der Waals surface area contributed by atoms with Gasteiger partial charge in [-0.25, -0.2) is 0 Å². The molecule has 0 spiro atoms. The first-order valence-electron chi connectivity index (χ1n) is 5.61. The van der Waals surface area contributed by atoms with Crippen LogP contribution in [0.25, 0.3) is 0 Å². The highest BCUT2D eigenvalue weighted by atomic mass is 16.4. The zero-order valence-corrected chi connectivity index (χ0v) is 8.90. The Balaban J connectivity index is 1.87. The topological polar surface area (TPSA) is 66.4 Å². The Morgan fingerprint density at radius 2 is 2.07 bits per heavy atom. The normalized spacial score (nSPS) is 35.1. The molecule has 1 amide bonds. The Morgan fingerprint density at radius 1 is 1.33 bits per heavy atom. The first-order chi connectivity index (χ1) is 7.08. The van der Waals surface area contributed by atoms with E-state index in [4.69, 9.17) is 5.11 Å². The second kappa shape index (κ2) is 3.83. The Morgan fingerprint density at radius 3 is 2.53 bits per heavy atom. The minimum Gasteiger partial charge on any atom is -0.481 e. The average molecular weight is 211 g/mol. The van der Waals surface area contributed by atoms with Crippen molar-refractivity contribution in [1.82, 2.24) is 5.32 Å².